The molecule has 2 aliphatic rings. The first-order chi connectivity index (χ1) is 21.4. The van der Waals surface area contributed by atoms with E-state index in [0.29, 0.717) is 52.1 Å². The van der Waals surface area contributed by atoms with E-state index in [4.69, 9.17) is 19.2 Å². The van der Waals surface area contributed by atoms with Crippen LogP contribution in [0.2, 0.25) is 0 Å². The summed E-state index contributed by atoms with van der Waals surface area (Å²) in [6, 6.07) is 26.4. The number of benzene rings is 4. The number of aliphatic hydroxyl groups excluding tert-OH is 1. The van der Waals surface area contributed by atoms with Crippen LogP contribution in [-0.4, -0.2) is 34.5 Å². The van der Waals surface area contributed by atoms with Gasteiger partial charge in [0.05, 0.1) is 28.4 Å². The number of rotatable bonds is 7. The molecular formula is C35H28N2O6S. The molecule has 220 valence electrons. The molecule has 0 aliphatic carbocycles. The number of ketones is 1. The van der Waals surface area contributed by atoms with Crippen molar-refractivity contribution in [3.63, 3.8) is 0 Å². The molecule has 3 heterocycles. The van der Waals surface area contributed by atoms with Crippen LogP contribution in [0.5, 0.6) is 23.0 Å². The van der Waals surface area contributed by atoms with Crippen LogP contribution in [0.25, 0.3) is 16.0 Å². The first kappa shape index (κ1) is 27.7. The number of aromatic nitrogens is 1. The number of ether oxygens (including phenoxy) is 3. The van der Waals surface area contributed by atoms with E-state index >= 15 is 0 Å². The van der Waals surface area contributed by atoms with Gasteiger partial charge in [-0.1, -0.05) is 41.7 Å². The van der Waals surface area contributed by atoms with Gasteiger partial charge in [0.2, 0.25) is 0 Å². The summed E-state index contributed by atoms with van der Waals surface area (Å²) in [4.78, 5) is 33.7. The van der Waals surface area contributed by atoms with Crippen LogP contribution < -0.4 is 19.1 Å². The summed E-state index contributed by atoms with van der Waals surface area (Å²) in [5.74, 6) is 0.784. The molecule has 1 amide bonds. The van der Waals surface area contributed by atoms with Crippen molar-refractivity contribution in [2.24, 2.45) is 0 Å². The van der Waals surface area contributed by atoms with Crippen molar-refractivity contribution < 1.29 is 28.9 Å². The summed E-state index contributed by atoms with van der Waals surface area (Å²) in [5, 5.41) is 12.1. The molecule has 1 N–H and O–H groups in total. The van der Waals surface area contributed by atoms with E-state index < -0.39 is 17.7 Å². The number of amides is 1. The number of thiazole rings is 1. The smallest absolute Gasteiger partial charge is 0.301 e. The minimum atomic E-state index is -0.954. The maximum Gasteiger partial charge on any atom is 0.301 e. The summed E-state index contributed by atoms with van der Waals surface area (Å²) < 4.78 is 18.4. The van der Waals surface area contributed by atoms with Gasteiger partial charge in [0.25, 0.3) is 5.78 Å². The number of hydrogen-bond acceptors (Lipinski definition) is 8. The largest absolute Gasteiger partial charge is 0.507 e. The van der Waals surface area contributed by atoms with Gasteiger partial charge < -0.3 is 19.3 Å². The average molecular weight is 605 g/mol. The number of carbonyl (C=O) groups is 2. The van der Waals surface area contributed by atoms with E-state index in [1.165, 1.54) is 16.2 Å². The van der Waals surface area contributed by atoms with Crippen LogP contribution in [-0.2, 0) is 16.0 Å². The molecule has 0 radical (unpaired) electrons. The summed E-state index contributed by atoms with van der Waals surface area (Å²) in [6.07, 6.45) is 0.699. The van der Waals surface area contributed by atoms with Crippen LogP contribution in [0, 0.1) is 0 Å². The molecule has 5 aromatic rings. The van der Waals surface area contributed by atoms with Crippen molar-refractivity contribution in [2.45, 2.75) is 32.4 Å². The Balaban J connectivity index is 1.37. The fourth-order valence-electron chi connectivity index (χ4n) is 5.70. The Bertz CT molecular complexity index is 1950. The van der Waals surface area contributed by atoms with Crippen LogP contribution in [0.1, 0.15) is 36.6 Å². The third-order valence-electron chi connectivity index (χ3n) is 7.63. The second-order valence-corrected chi connectivity index (χ2v) is 11.7. The highest BCUT2D eigenvalue weighted by Gasteiger charge is 2.48. The second-order valence-electron chi connectivity index (χ2n) is 10.7. The number of carbonyl (C=O) groups excluding carboxylic acids is 2. The maximum absolute atomic E-state index is 13.8. The van der Waals surface area contributed by atoms with Crippen molar-refractivity contribution >= 4 is 44.1 Å². The van der Waals surface area contributed by atoms with Gasteiger partial charge in [0.1, 0.15) is 34.9 Å². The van der Waals surface area contributed by atoms with Gasteiger partial charge in [0, 0.05) is 12.0 Å². The maximum atomic E-state index is 13.8. The van der Waals surface area contributed by atoms with Gasteiger partial charge in [-0.05, 0) is 85.6 Å². The van der Waals surface area contributed by atoms with Crippen LogP contribution in [0.3, 0.4) is 0 Å². The summed E-state index contributed by atoms with van der Waals surface area (Å²) in [5.41, 5.74) is 2.61. The van der Waals surface area contributed by atoms with E-state index in [1.807, 2.05) is 74.5 Å². The highest BCUT2D eigenvalue weighted by atomic mass is 32.1. The third kappa shape index (κ3) is 4.95. The average Bonchev–Trinajstić information content (AvgIpc) is 3.69. The Morgan fingerprint density at radius 1 is 0.977 bits per heavy atom. The Kier molecular flexibility index (Phi) is 7.02. The molecule has 9 heteroatoms. The monoisotopic (exact) mass is 604 g/mol. The zero-order chi connectivity index (χ0) is 30.4. The van der Waals surface area contributed by atoms with E-state index in [9.17, 15) is 14.7 Å². The standard InChI is InChI=1S/C35H28N2O6S/c1-3-41-25-13-14-27-29(19-25)44-35(36-27)37-31(21-8-7-11-26(18-21)43-24-9-5-4-6-10-24)30(33(39)34(37)40)32(38)22-12-15-28-23(17-22)16-20(2)42-28/h4-15,17-20,31,38H,3,16H2,1-2H3/t20-,31+/m0/s1. The van der Waals surface area contributed by atoms with Gasteiger partial charge >= 0.3 is 5.91 Å². The van der Waals surface area contributed by atoms with Crippen LogP contribution in [0.4, 0.5) is 5.13 Å². The summed E-state index contributed by atoms with van der Waals surface area (Å²) >= 11 is 1.28. The molecule has 1 aromatic heterocycles. The topological polar surface area (TPSA) is 98.2 Å². The predicted octanol–water partition coefficient (Wildman–Crippen LogP) is 7.44. The molecule has 2 atom stereocenters. The molecule has 0 bridgehead atoms. The number of para-hydroxylation sites is 1. The minimum absolute atomic E-state index is 0.0163. The number of anilines is 1. The quantitative estimate of drug-likeness (QED) is 0.117. The number of fused-ring (bicyclic) bond motifs is 2. The summed E-state index contributed by atoms with van der Waals surface area (Å²) in [6.45, 7) is 4.40. The van der Waals surface area contributed by atoms with Crippen molar-refractivity contribution in [3.8, 4) is 23.0 Å². The lowest BCUT2D eigenvalue weighted by atomic mass is 9.94. The van der Waals surface area contributed by atoms with Gasteiger partial charge in [-0.15, -0.1) is 0 Å². The Hall–Kier alpha value is -5.15. The van der Waals surface area contributed by atoms with Gasteiger partial charge in [0.15, 0.2) is 5.13 Å². The fourth-order valence-corrected chi connectivity index (χ4v) is 6.72. The zero-order valence-corrected chi connectivity index (χ0v) is 24.8. The SMILES string of the molecule is CCOc1ccc2nc(N3C(=O)C(=O)C(=C(O)c4ccc5c(c4)C[C@H](C)O5)[C@H]3c3cccc(Oc4ccccc4)c3)sc2c1. The van der Waals surface area contributed by atoms with Crippen molar-refractivity contribution in [1.29, 1.82) is 0 Å². The molecule has 4 aromatic carbocycles. The minimum Gasteiger partial charge on any atom is -0.507 e. The lowest BCUT2D eigenvalue weighted by molar-refractivity contribution is -0.132. The number of aliphatic hydroxyl groups is 1. The lowest BCUT2D eigenvalue weighted by Gasteiger charge is -2.23. The molecule has 1 saturated heterocycles. The highest BCUT2D eigenvalue weighted by Crippen LogP contribution is 2.46. The van der Waals surface area contributed by atoms with E-state index in [2.05, 4.69) is 0 Å². The Morgan fingerprint density at radius 3 is 2.61 bits per heavy atom. The van der Waals surface area contributed by atoms with Crippen molar-refractivity contribution in [3.05, 3.63) is 113 Å². The number of hydrogen-bond donors (Lipinski definition) is 1. The molecule has 2 aliphatic heterocycles. The lowest BCUT2D eigenvalue weighted by Crippen LogP contribution is -2.29. The predicted molar refractivity (Wildman–Crippen MR) is 169 cm³/mol. The van der Waals surface area contributed by atoms with Gasteiger partial charge in [-0.25, -0.2) is 4.98 Å². The van der Waals surface area contributed by atoms with Crippen molar-refractivity contribution in [2.75, 3.05) is 11.5 Å². The van der Waals surface area contributed by atoms with Crippen LogP contribution in [0.15, 0.2) is 96.6 Å². The first-order valence-corrected chi connectivity index (χ1v) is 15.2. The molecule has 8 nitrogen and oxygen atoms in total. The van der Waals surface area contributed by atoms with Gasteiger partial charge in [-0.3, -0.25) is 14.5 Å². The molecule has 0 spiro atoms. The summed E-state index contributed by atoms with van der Waals surface area (Å²) in [7, 11) is 0. The molecule has 0 saturated carbocycles. The number of Topliss-reactive ketones (excluding diaryl/α,β-unsaturated/α-hetero) is 1. The van der Waals surface area contributed by atoms with E-state index in [1.54, 1.807) is 30.3 Å². The van der Waals surface area contributed by atoms with Gasteiger partial charge in [-0.2, -0.15) is 0 Å². The van der Waals surface area contributed by atoms with E-state index in [0.717, 1.165) is 16.0 Å². The number of nitrogens with zero attached hydrogens (tertiary/aromatic N) is 2. The zero-order valence-electron chi connectivity index (χ0n) is 24.0. The van der Waals surface area contributed by atoms with Crippen LogP contribution >= 0.6 is 11.3 Å². The van der Waals surface area contributed by atoms with E-state index in [-0.39, 0.29) is 17.4 Å². The second kappa shape index (κ2) is 11.2. The molecule has 44 heavy (non-hydrogen) atoms. The molecular weight excluding hydrogens is 576 g/mol. The first-order valence-electron chi connectivity index (χ1n) is 14.4. The molecule has 0 unspecified atom stereocenters. The normalized spacial score (nSPS) is 18.8. The Morgan fingerprint density at radius 2 is 1.80 bits per heavy atom. The highest BCUT2D eigenvalue weighted by molar-refractivity contribution is 7.22. The Labute approximate surface area is 257 Å². The van der Waals surface area contributed by atoms with Crippen molar-refractivity contribution in [1.82, 2.24) is 4.98 Å². The fraction of sp³-hybridized carbons (Fsp3) is 0.171. The third-order valence-corrected chi connectivity index (χ3v) is 8.65. The molecule has 1 fully saturated rings. The molecule has 7 rings (SSSR count).